The van der Waals surface area contributed by atoms with Crippen molar-refractivity contribution in [3.05, 3.63) is 57.2 Å². The molecule has 29 heavy (non-hydrogen) atoms. The molecule has 0 radical (unpaired) electrons. The normalized spacial score (nSPS) is 15.2. The molecule has 0 spiro atoms. The van der Waals surface area contributed by atoms with Crippen LogP contribution in [0.15, 0.2) is 41.6 Å². The van der Waals surface area contributed by atoms with E-state index in [0.29, 0.717) is 12.1 Å². The number of rotatable bonds is 8. The van der Waals surface area contributed by atoms with Crippen molar-refractivity contribution in [3.8, 4) is 0 Å². The maximum Gasteiger partial charge on any atom is 0.293 e. The predicted molar refractivity (Wildman–Crippen MR) is 103 cm³/mol. The molecule has 3 amide bonds. The predicted octanol–water partition coefficient (Wildman–Crippen LogP) is 1.43. The van der Waals surface area contributed by atoms with E-state index in [9.17, 15) is 24.5 Å². The molecule has 2 aromatic rings. The molecular formula is C17H16N6O5S. The van der Waals surface area contributed by atoms with Crippen LogP contribution in [0.5, 0.6) is 0 Å². The minimum Gasteiger partial charge on any atom is -0.354 e. The minimum absolute atomic E-state index is 0.0529. The molecule has 1 aliphatic rings. The zero-order valence-electron chi connectivity index (χ0n) is 15.1. The van der Waals surface area contributed by atoms with E-state index >= 15 is 0 Å². The van der Waals surface area contributed by atoms with Gasteiger partial charge in [-0.2, -0.15) is 0 Å². The number of aromatic nitrogens is 3. The average Bonchev–Trinajstić information content (AvgIpc) is 3.30. The van der Waals surface area contributed by atoms with Gasteiger partial charge in [0.05, 0.1) is 22.6 Å². The summed E-state index contributed by atoms with van der Waals surface area (Å²) in [6.07, 6.45) is 4.86. The van der Waals surface area contributed by atoms with Crippen LogP contribution in [0, 0.1) is 10.1 Å². The molecule has 0 bridgehead atoms. The number of benzene rings is 1. The van der Waals surface area contributed by atoms with Crippen molar-refractivity contribution in [2.45, 2.75) is 13.0 Å². The Hall–Kier alpha value is -3.54. The first-order chi connectivity index (χ1) is 13.9. The Morgan fingerprint density at radius 1 is 1.24 bits per heavy atom. The Kier molecular flexibility index (Phi) is 6.34. The zero-order valence-corrected chi connectivity index (χ0v) is 15.9. The van der Waals surface area contributed by atoms with Crippen LogP contribution in [0.1, 0.15) is 12.0 Å². The number of hydrogen-bond donors (Lipinski definition) is 1. The molecule has 0 unspecified atom stereocenters. The quantitative estimate of drug-likeness (QED) is 0.387. The summed E-state index contributed by atoms with van der Waals surface area (Å²) < 4.78 is 1.53. The van der Waals surface area contributed by atoms with Crippen molar-refractivity contribution >= 4 is 40.6 Å². The van der Waals surface area contributed by atoms with Gasteiger partial charge in [-0.25, -0.2) is 0 Å². The van der Waals surface area contributed by atoms with Crippen LogP contribution < -0.4 is 5.32 Å². The van der Waals surface area contributed by atoms with Crippen LogP contribution in [0.25, 0.3) is 6.08 Å². The highest BCUT2D eigenvalue weighted by molar-refractivity contribution is 8.18. The van der Waals surface area contributed by atoms with Crippen LogP contribution in [0.2, 0.25) is 0 Å². The third-order valence-electron chi connectivity index (χ3n) is 3.97. The fraction of sp³-hybridized carbons (Fsp3) is 0.235. The fourth-order valence-electron chi connectivity index (χ4n) is 2.50. The molecule has 3 rings (SSSR count). The Bertz CT molecular complexity index is 957. The van der Waals surface area contributed by atoms with Gasteiger partial charge >= 0.3 is 0 Å². The molecule has 2 heterocycles. The molecule has 1 aliphatic heterocycles. The number of aryl methyl sites for hydroxylation is 1. The van der Waals surface area contributed by atoms with Gasteiger partial charge in [-0.3, -0.25) is 34.1 Å². The lowest BCUT2D eigenvalue weighted by Crippen LogP contribution is -2.37. The third-order valence-corrected chi connectivity index (χ3v) is 4.88. The standard InChI is InChI=1S/C17H16N6O5S/c24-15(5-8-21-9-7-19-20-21)18-6-10-22-16(25)14(29-17(22)26)11-12-1-3-13(4-2-12)23(27)28/h1-4,7,9,11H,5-6,8,10H2,(H,18,24)/b14-11+. The second-order valence-electron chi connectivity index (χ2n) is 5.95. The maximum absolute atomic E-state index is 12.4. The van der Waals surface area contributed by atoms with Crippen molar-refractivity contribution in [2.24, 2.45) is 0 Å². The van der Waals surface area contributed by atoms with Gasteiger partial charge in [0.1, 0.15) is 0 Å². The number of nitro groups is 1. The Morgan fingerprint density at radius 3 is 2.66 bits per heavy atom. The monoisotopic (exact) mass is 416 g/mol. The van der Waals surface area contributed by atoms with Crippen LogP contribution in [0.3, 0.4) is 0 Å². The number of hydrogen-bond acceptors (Lipinski definition) is 8. The number of imide groups is 1. The minimum atomic E-state index is -0.516. The Morgan fingerprint density at radius 2 is 2.00 bits per heavy atom. The SMILES string of the molecule is O=C(CCn1ccnn1)NCCN1C(=O)S/C(=C/c2ccc([N+](=O)[O-])cc2)C1=O. The molecule has 0 atom stereocenters. The van der Waals surface area contributed by atoms with Gasteiger partial charge in [0.15, 0.2) is 0 Å². The third kappa shape index (κ3) is 5.25. The number of carbonyl (C=O) groups excluding carboxylic acids is 3. The van der Waals surface area contributed by atoms with Crippen molar-refractivity contribution in [1.82, 2.24) is 25.2 Å². The van der Waals surface area contributed by atoms with Gasteiger partial charge < -0.3 is 5.32 Å². The number of thioether (sulfide) groups is 1. The molecule has 0 aliphatic carbocycles. The van der Waals surface area contributed by atoms with E-state index in [2.05, 4.69) is 15.6 Å². The number of non-ortho nitro benzene ring substituents is 1. The van der Waals surface area contributed by atoms with Crippen molar-refractivity contribution in [2.75, 3.05) is 13.1 Å². The molecule has 1 N–H and O–H groups in total. The Labute approximate surface area is 168 Å². The first kappa shape index (κ1) is 20.2. The van der Waals surface area contributed by atoms with Gasteiger partial charge in [-0.15, -0.1) is 5.10 Å². The molecule has 1 saturated heterocycles. The van der Waals surface area contributed by atoms with Gasteiger partial charge in [0, 0.05) is 37.8 Å². The molecule has 1 aromatic carbocycles. The highest BCUT2D eigenvalue weighted by Crippen LogP contribution is 2.32. The second-order valence-corrected chi connectivity index (χ2v) is 6.94. The van der Waals surface area contributed by atoms with Crippen molar-refractivity contribution < 1.29 is 19.3 Å². The molecule has 1 aromatic heterocycles. The summed E-state index contributed by atoms with van der Waals surface area (Å²) in [6.45, 7) is 0.571. The summed E-state index contributed by atoms with van der Waals surface area (Å²) in [4.78, 5) is 47.8. The highest BCUT2D eigenvalue weighted by atomic mass is 32.2. The van der Waals surface area contributed by atoms with E-state index in [4.69, 9.17) is 0 Å². The van der Waals surface area contributed by atoms with Gasteiger partial charge in [0.2, 0.25) is 5.91 Å². The van der Waals surface area contributed by atoms with Crippen molar-refractivity contribution in [3.63, 3.8) is 0 Å². The highest BCUT2D eigenvalue weighted by Gasteiger charge is 2.34. The topological polar surface area (TPSA) is 140 Å². The molecule has 11 nitrogen and oxygen atoms in total. The van der Waals surface area contributed by atoms with E-state index in [1.165, 1.54) is 41.2 Å². The van der Waals surface area contributed by atoms with Crippen LogP contribution in [-0.2, 0) is 16.1 Å². The smallest absolute Gasteiger partial charge is 0.293 e. The molecule has 12 heteroatoms. The summed E-state index contributed by atoms with van der Waals surface area (Å²) in [5.41, 5.74) is 0.511. The summed E-state index contributed by atoms with van der Waals surface area (Å²) in [5, 5.41) is 20.3. The first-order valence-electron chi connectivity index (χ1n) is 8.54. The summed E-state index contributed by atoms with van der Waals surface area (Å²) in [5.74, 6) is -0.691. The van der Waals surface area contributed by atoms with Crippen LogP contribution >= 0.6 is 11.8 Å². The largest absolute Gasteiger partial charge is 0.354 e. The molecule has 0 saturated carbocycles. The van der Waals surface area contributed by atoms with Gasteiger partial charge in [-0.05, 0) is 35.5 Å². The second kappa shape index (κ2) is 9.10. The molecule has 1 fully saturated rings. The number of nitro benzene ring substituents is 1. The average molecular weight is 416 g/mol. The van der Waals surface area contributed by atoms with Crippen LogP contribution in [-0.4, -0.2) is 55.0 Å². The summed E-state index contributed by atoms with van der Waals surface area (Å²) in [7, 11) is 0. The summed E-state index contributed by atoms with van der Waals surface area (Å²) in [6, 6.07) is 5.65. The van der Waals surface area contributed by atoms with Gasteiger partial charge in [0.25, 0.3) is 16.8 Å². The van der Waals surface area contributed by atoms with E-state index in [0.717, 1.165) is 16.7 Å². The van der Waals surface area contributed by atoms with Crippen LogP contribution in [0.4, 0.5) is 10.5 Å². The fourth-order valence-corrected chi connectivity index (χ4v) is 3.37. The van der Waals surface area contributed by atoms with E-state index in [1.54, 1.807) is 6.20 Å². The number of carbonyl (C=O) groups is 3. The van der Waals surface area contributed by atoms with E-state index in [1.807, 2.05) is 0 Å². The number of nitrogens with one attached hydrogen (secondary N) is 1. The lowest BCUT2D eigenvalue weighted by molar-refractivity contribution is -0.384. The number of nitrogens with zero attached hydrogens (tertiary/aromatic N) is 5. The first-order valence-corrected chi connectivity index (χ1v) is 9.36. The summed E-state index contributed by atoms with van der Waals surface area (Å²) >= 11 is 0.788. The molecular weight excluding hydrogens is 400 g/mol. The molecule has 150 valence electrons. The maximum atomic E-state index is 12.4. The van der Waals surface area contributed by atoms with Crippen molar-refractivity contribution in [1.29, 1.82) is 0 Å². The van der Waals surface area contributed by atoms with E-state index < -0.39 is 16.1 Å². The van der Waals surface area contributed by atoms with E-state index in [-0.39, 0.29) is 36.0 Å². The lowest BCUT2D eigenvalue weighted by atomic mass is 10.2. The number of amides is 3. The Balaban J connectivity index is 1.50. The van der Waals surface area contributed by atoms with Gasteiger partial charge in [-0.1, -0.05) is 5.21 Å². The zero-order chi connectivity index (χ0) is 20.8. The lowest BCUT2D eigenvalue weighted by Gasteiger charge is -2.13.